The molecule has 4 nitrogen and oxygen atoms in total. The van der Waals surface area contributed by atoms with Crippen LogP contribution in [0, 0.1) is 0 Å². The summed E-state index contributed by atoms with van der Waals surface area (Å²) in [6.07, 6.45) is -0.889. The number of aliphatic carboxylic acids is 1. The van der Waals surface area contributed by atoms with Gasteiger partial charge in [0.05, 0.1) is 21.1 Å². The summed E-state index contributed by atoms with van der Waals surface area (Å²) in [4.78, 5) is 10.5. The van der Waals surface area contributed by atoms with E-state index in [-0.39, 0.29) is 4.48 Å². The van der Waals surface area contributed by atoms with Gasteiger partial charge in [-0.25, -0.2) is 0 Å². The second-order valence-electron chi connectivity index (χ2n) is 3.62. The number of hydrogen-bond acceptors (Lipinski definition) is 3. The molecule has 0 spiro atoms. The molecule has 0 fully saturated rings. The summed E-state index contributed by atoms with van der Waals surface area (Å²) in [5, 5.41) is 19.6. The van der Waals surface area contributed by atoms with Crippen molar-refractivity contribution in [3.63, 3.8) is 0 Å². The third kappa shape index (κ3) is 2.86. The number of carbonyl (C=O) groups is 1. The highest BCUT2D eigenvalue weighted by molar-refractivity contribution is 5.70. The minimum atomic E-state index is -1.22. The first kappa shape index (κ1) is 10.4. The molecule has 4 heteroatoms. The molecule has 0 radical (unpaired) electrons. The van der Waals surface area contributed by atoms with E-state index in [1.165, 1.54) is 6.92 Å². The SMILES string of the molecule is CC(O)C(C(=O)[O-])[N+](C)(C)C. The third-order valence-corrected chi connectivity index (χ3v) is 1.53. The molecule has 0 aliphatic rings. The molecule has 0 bridgehead atoms. The van der Waals surface area contributed by atoms with E-state index in [0.29, 0.717) is 0 Å². The summed E-state index contributed by atoms with van der Waals surface area (Å²) in [5.74, 6) is -1.22. The number of aliphatic hydroxyl groups excluding tert-OH is 1. The molecule has 11 heavy (non-hydrogen) atoms. The van der Waals surface area contributed by atoms with Gasteiger partial charge in [0, 0.05) is 0 Å². The maximum absolute atomic E-state index is 10.5. The molecule has 2 atom stereocenters. The van der Waals surface area contributed by atoms with E-state index in [0.717, 1.165) is 0 Å². The first-order valence-electron chi connectivity index (χ1n) is 3.47. The average molecular weight is 161 g/mol. The average Bonchev–Trinajstić information content (AvgIpc) is 1.54. The third-order valence-electron chi connectivity index (χ3n) is 1.53. The predicted octanol–water partition coefficient (Wildman–Crippen LogP) is -1.81. The van der Waals surface area contributed by atoms with Crippen LogP contribution in [0.3, 0.4) is 0 Å². The fourth-order valence-electron chi connectivity index (χ4n) is 1.16. The molecule has 2 unspecified atom stereocenters. The largest absolute Gasteiger partial charge is 0.544 e. The summed E-state index contributed by atoms with van der Waals surface area (Å²) in [6, 6.07) is -0.866. The van der Waals surface area contributed by atoms with Crippen molar-refractivity contribution >= 4 is 5.97 Å². The van der Waals surface area contributed by atoms with Crippen molar-refractivity contribution in [3.8, 4) is 0 Å². The molecule has 1 N–H and O–H groups in total. The van der Waals surface area contributed by atoms with Gasteiger partial charge in [-0.1, -0.05) is 0 Å². The van der Waals surface area contributed by atoms with Gasteiger partial charge in [0.1, 0.15) is 12.1 Å². The maximum Gasteiger partial charge on any atom is 0.154 e. The standard InChI is InChI=1S/C7H15NO3/c1-5(9)6(7(10)11)8(2,3)4/h5-6,9H,1-4H3. The summed E-state index contributed by atoms with van der Waals surface area (Å²) in [6.45, 7) is 1.45. The van der Waals surface area contributed by atoms with Gasteiger partial charge < -0.3 is 19.5 Å². The Balaban J connectivity index is 4.49. The predicted molar refractivity (Wildman–Crippen MR) is 38.5 cm³/mol. The molecular formula is C7H15NO3. The summed E-state index contributed by atoms with van der Waals surface area (Å²) in [7, 11) is 5.10. The van der Waals surface area contributed by atoms with Crippen LogP contribution >= 0.6 is 0 Å². The highest BCUT2D eigenvalue weighted by Gasteiger charge is 2.29. The minimum Gasteiger partial charge on any atom is -0.544 e. The highest BCUT2D eigenvalue weighted by atomic mass is 16.4. The quantitative estimate of drug-likeness (QED) is 0.496. The Hall–Kier alpha value is -0.610. The molecule has 66 valence electrons. The zero-order chi connectivity index (χ0) is 9.23. The van der Waals surface area contributed by atoms with Crippen molar-refractivity contribution in [2.75, 3.05) is 21.1 Å². The number of carboxylic acids is 1. The number of rotatable bonds is 3. The van der Waals surface area contributed by atoms with Gasteiger partial charge in [-0.05, 0) is 6.92 Å². The van der Waals surface area contributed by atoms with E-state index in [9.17, 15) is 9.90 Å². The molecule has 0 rings (SSSR count). The van der Waals surface area contributed by atoms with Gasteiger partial charge in [0.2, 0.25) is 0 Å². The van der Waals surface area contributed by atoms with Crippen LogP contribution < -0.4 is 5.11 Å². The first-order valence-corrected chi connectivity index (χ1v) is 3.47. The molecule has 0 saturated heterocycles. The van der Waals surface area contributed by atoms with E-state index >= 15 is 0 Å². The Bertz CT molecular complexity index is 148. The van der Waals surface area contributed by atoms with Crippen LogP contribution in [0.4, 0.5) is 0 Å². The minimum absolute atomic E-state index is 0.167. The number of quaternary nitrogens is 1. The van der Waals surface area contributed by atoms with Crippen LogP contribution in [0.15, 0.2) is 0 Å². The molecule has 0 aliphatic heterocycles. The van der Waals surface area contributed by atoms with Crippen molar-refractivity contribution in [1.82, 2.24) is 0 Å². The van der Waals surface area contributed by atoms with E-state index in [1.54, 1.807) is 21.1 Å². The number of likely N-dealkylation sites (N-methyl/N-ethyl adjacent to an activating group) is 1. The number of nitrogens with zero attached hydrogens (tertiary/aromatic N) is 1. The summed E-state index contributed by atoms with van der Waals surface area (Å²) < 4.78 is 0.167. The molecule has 0 heterocycles. The molecule has 0 saturated carbocycles. The topological polar surface area (TPSA) is 60.4 Å². The van der Waals surface area contributed by atoms with Gasteiger partial charge in [0.25, 0.3) is 0 Å². The lowest BCUT2D eigenvalue weighted by atomic mass is 10.1. The smallest absolute Gasteiger partial charge is 0.154 e. The molecular weight excluding hydrogens is 146 g/mol. The Morgan fingerprint density at radius 2 is 1.82 bits per heavy atom. The zero-order valence-electron chi connectivity index (χ0n) is 7.37. The lowest BCUT2D eigenvalue weighted by molar-refractivity contribution is -0.892. The van der Waals surface area contributed by atoms with Crippen LogP contribution in [-0.4, -0.2) is 48.8 Å². The second-order valence-corrected chi connectivity index (χ2v) is 3.62. The van der Waals surface area contributed by atoms with Gasteiger partial charge in [0.15, 0.2) is 6.04 Å². The summed E-state index contributed by atoms with van der Waals surface area (Å²) in [5.41, 5.74) is 0. The Kier molecular flexibility index (Phi) is 3.02. The fraction of sp³-hybridized carbons (Fsp3) is 0.857. The Morgan fingerprint density at radius 3 is 1.82 bits per heavy atom. The van der Waals surface area contributed by atoms with Crippen molar-refractivity contribution in [2.24, 2.45) is 0 Å². The van der Waals surface area contributed by atoms with E-state index in [2.05, 4.69) is 0 Å². The van der Waals surface area contributed by atoms with Crippen molar-refractivity contribution in [1.29, 1.82) is 0 Å². The van der Waals surface area contributed by atoms with Crippen molar-refractivity contribution in [2.45, 2.75) is 19.1 Å². The van der Waals surface area contributed by atoms with Crippen LogP contribution in [0.25, 0.3) is 0 Å². The van der Waals surface area contributed by atoms with E-state index in [4.69, 9.17) is 5.11 Å². The maximum atomic E-state index is 10.5. The van der Waals surface area contributed by atoms with Crippen molar-refractivity contribution in [3.05, 3.63) is 0 Å². The molecule has 0 aromatic rings. The lowest BCUT2D eigenvalue weighted by Crippen LogP contribution is -2.59. The van der Waals surface area contributed by atoms with Crippen molar-refractivity contribution < 1.29 is 19.5 Å². The Labute approximate surface area is 66.6 Å². The monoisotopic (exact) mass is 161 g/mol. The number of aliphatic hydroxyl groups is 1. The van der Waals surface area contributed by atoms with Gasteiger partial charge in [-0.2, -0.15) is 0 Å². The van der Waals surface area contributed by atoms with Gasteiger partial charge in [-0.3, -0.25) is 0 Å². The van der Waals surface area contributed by atoms with Crippen LogP contribution in [0.2, 0.25) is 0 Å². The molecule has 0 amide bonds. The van der Waals surface area contributed by atoms with E-state index < -0.39 is 18.1 Å². The summed E-state index contributed by atoms with van der Waals surface area (Å²) >= 11 is 0. The number of carbonyl (C=O) groups excluding carboxylic acids is 1. The Morgan fingerprint density at radius 1 is 1.45 bits per heavy atom. The normalized spacial score (nSPS) is 17.5. The van der Waals surface area contributed by atoms with Gasteiger partial charge >= 0.3 is 0 Å². The second kappa shape index (κ2) is 3.19. The van der Waals surface area contributed by atoms with Gasteiger partial charge in [-0.15, -0.1) is 0 Å². The van der Waals surface area contributed by atoms with Crippen LogP contribution in [0.1, 0.15) is 6.92 Å². The fourth-order valence-corrected chi connectivity index (χ4v) is 1.16. The first-order chi connectivity index (χ1) is 4.76. The number of carboxylic acid groups (broad SMARTS) is 1. The van der Waals surface area contributed by atoms with Crippen LogP contribution in [0.5, 0.6) is 0 Å². The molecule has 0 aromatic carbocycles. The van der Waals surface area contributed by atoms with Crippen LogP contribution in [-0.2, 0) is 4.79 Å². The molecule has 0 aromatic heterocycles. The lowest BCUT2D eigenvalue weighted by Gasteiger charge is -2.36. The van der Waals surface area contributed by atoms with E-state index in [1.807, 2.05) is 0 Å². The highest BCUT2D eigenvalue weighted by Crippen LogP contribution is 2.06. The zero-order valence-corrected chi connectivity index (χ0v) is 7.37. The molecule has 0 aliphatic carbocycles. The number of hydrogen-bond donors (Lipinski definition) is 1.